The number of amides is 1. The van der Waals surface area contributed by atoms with E-state index < -0.39 is 23.7 Å². The Morgan fingerprint density at radius 3 is 2.47 bits per heavy atom. The minimum absolute atomic E-state index is 0.0506. The quantitative estimate of drug-likeness (QED) is 0.580. The van der Waals surface area contributed by atoms with E-state index >= 15 is 0 Å². The lowest BCUT2D eigenvalue weighted by atomic mass is 10.0. The van der Waals surface area contributed by atoms with Crippen LogP contribution in [0.15, 0.2) is 59.4 Å². The monoisotopic (exact) mass is 442 g/mol. The van der Waals surface area contributed by atoms with Gasteiger partial charge in [0.05, 0.1) is 17.3 Å². The van der Waals surface area contributed by atoms with Crippen LogP contribution >= 0.6 is 0 Å². The SMILES string of the molecule is C[C@@H](NC(=O)c1nn(-c2ccccc2)c(=O)cc1C1CC1)c1cc(N)cc(C(F)(F)F)c1. The molecular weight excluding hydrogens is 421 g/mol. The van der Waals surface area contributed by atoms with Crippen LogP contribution in [0.3, 0.4) is 0 Å². The van der Waals surface area contributed by atoms with Gasteiger partial charge in [0, 0.05) is 11.8 Å². The number of halogens is 3. The topological polar surface area (TPSA) is 90.0 Å². The molecule has 1 heterocycles. The van der Waals surface area contributed by atoms with Crippen LogP contribution in [0.1, 0.15) is 58.9 Å². The number of carbonyl (C=O) groups is 1. The smallest absolute Gasteiger partial charge is 0.399 e. The molecule has 1 atom stereocenters. The number of aromatic nitrogens is 2. The lowest BCUT2D eigenvalue weighted by Crippen LogP contribution is -2.32. The molecule has 0 spiro atoms. The highest BCUT2D eigenvalue weighted by Crippen LogP contribution is 2.41. The van der Waals surface area contributed by atoms with Gasteiger partial charge in [-0.1, -0.05) is 18.2 Å². The first-order valence-electron chi connectivity index (χ1n) is 10.1. The maximum atomic E-state index is 13.1. The normalized spacial score (nSPS) is 14.8. The van der Waals surface area contributed by atoms with E-state index in [9.17, 15) is 22.8 Å². The highest BCUT2D eigenvalue weighted by Gasteiger charge is 2.33. The summed E-state index contributed by atoms with van der Waals surface area (Å²) in [5.41, 5.74) is 5.72. The number of anilines is 1. The lowest BCUT2D eigenvalue weighted by Gasteiger charge is -2.18. The first-order valence-corrected chi connectivity index (χ1v) is 10.1. The third-order valence-electron chi connectivity index (χ3n) is 5.35. The molecule has 2 aromatic carbocycles. The fourth-order valence-corrected chi connectivity index (χ4v) is 3.54. The minimum Gasteiger partial charge on any atom is -0.399 e. The highest BCUT2D eigenvalue weighted by molar-refractivity contribution is 5.94. The van der Waals surface area contributed by atoms with Crippen molar-refractivity contribution >= 4 is 11.6 Å². The summed E-state index contributed by atoms with van der Waals surface area (Å²) in [6, 6.07) is 12.5. The van der Waals surface area contributed by atoms with E-state index in [1.54, 1.807) is 37.3 Å². The summed E-state index contributed by atoms with van der Waals surface area (Å²) in [6.07, 6.45) is -2.87. The first kappa shape index (κ1) is 21.6. The highest BCUT2D eigenvalue weighted by atomic mass is 19.4. The number of alkyl halides is 3. The van der Waals surface area contributed by atoms with E-state index in [1.807, 2.05) is 0 Å². The van der Waals surface area contributed by atoms with Gasteiger partial charge in [0.25, 0.3) is 11.5 Å². The molecule has 166 valence electrons. The van der Waals surface area contributed by atoms with E-state index in [0.717, 1.165) is 29.7 Å². The molecule has 0 bridgehead atoms. The number of nitrogens with two attached hydrogens (primary N) is 1. The van der Waals surface area contributed by atoms with Gasteiger partial charge in [0.15, 0.2) is 5.69 Å². The van der Waals surface area contributed by atoms with Crippen molar-refractivity contribution in [1.29, 1.82) is 0 Å². The Hall–Kier alpha value is -3.62. The third kappa shape index (κ3) is 4.51. The zero-order valence-electron chi connectivity index (χ0n) is 17.2. The zero-order chi connectivity index (χ0) is 23.0. The Kier molecular flexibility index (Phi) is 5.50. The molecule has 1 fully saturated rings. The van der Waals surface area contributed by atoms with E-state index in [2.05, 4.69) is 10.4 Å². The van der Waals surface area contributed by atoms with Gasteiger partial charge in [-0.05, 0) is 67.1 Å². The van der Waals surface area contributed by atoms with Gasteiger partial charge in [-0.15, -0.1) is 0 Å². The van der Waals surface area contributed by atoms with Gasteiger partial charge in [-0.2, -0.15) is 23.0 Å². The van der Waals surface area contributed by atoms with Gasteiger partial charge in [-0.3, -0.25) is 9.59 Å². The van der Waals surface area contributed by atoms with E-state index in [-0.39, 0.29) is 28.4 Å². The van der Waals surface area contributed by atoms with Crippen LogP contribution in [-0.2, 0) is 6.18 Å². The average Bonchev–Trinajstić information content (AvgIpc) is 3.58. The van der Waals surface area contributed by atoms with Gasteiger partial charge < -0.3 is 11.1 Å². The molecule has 32 heavy (non-hydrogen) atoms. The van der Waals surface area contributed by atoms with Crippen LogP contribution in [0, 0.1) is 0 Å². The zero-order valence-corrected chi connectivity index (χ0v) is 17.2. The van der Waals surface area contributed by atoms with E-state index in [0.29, 0.717) is 11.3 Å². The third-order valence-corrected chi connectivity index (χ3v) is 5.35. The maximum absolute atomic E-state index is 13.1. The predicted octanol–water partition coefficient (Wildman–Crippen LogP) is 4.20. The second-order valence-corrected chi connectivity index (χ2v) is 7.89. The summed E-state index contributed by atoms with van der Waals surface area (Å²) in [4.78, 5) is 25.7. The molecule has 1 aromatic heterocycles. The van der Waals surface area contributed by atoms with Crippen molar-refractivity contribution < 1.29 is 18.0 Å². The number of carbonyl (C=O) groups excluding carboxylic acids is 1. The standard InChI is InChI=1S/C23H21F3N4O2/c1-13(15-9-16(23(24,25)26)11-17(27)10-15)28-22(32)21-19(14-7-8-14)12-20(31)30(29-21)18-5-3-2-4-6-18/h2-6,9-14H,7-8,27H2,1H3,(H,28,32)/t13-/m1/s1. The van der Waals surface area contributed by atoms with Crippen LogP contribution in [0.25, 0.3) is 5.69 Å². The van der Waals surface area contributed by atoms with Crippen LogP contribution in [0.5, 0.6) is 0 Å². The molecule has 0 saturated heterocycles. The van der Waals surface area contributed by atoms with Crippen molar-refractivity contribution in [3.05, 3.63) is 87.3 Å². The summed E-state index contributed by atoms with van der Waals surface area (Å²) >= 11 is 0. The summed E-state index contributed by atoms with van der Waals surface area (Å²) in [5.74, 6) is -0.499. The molecule has 3 aromatic rings. The van der Waals surface area contributed by atoms with Gasteiger partial charge in [0.2, 0.25) is 0 Å². The number of nitrogens with one attached hydrogen (secondary N) is 1. The second kappa shape index (κ2) is 8.14. The molecule has 9 heteroatoms. The Bertz CT molecular complexity index is 1220. The largest absolute Gasteiger partial charge is 0.416 e. The molecule has 1 amide bonds. The minimum atomic E-state index is -4.56. The second-order valence-electron chi connectivity index (χ2n) is 7.89. The van der Waals surface area contributed by atoms with E-state index in [4.69, 9.17) is 5.73 Å². The van der Waals surface area contributed by atoms with Crippen molar-refractivity contribution in [2.75, 3.05) is 5.73 Å². The lowest BCUT2D eigenvalue weighted by molar-refractivity contribution is -0.137. The molecular formula is C23H21F3N4O2. The summed E-state index contributed by atoms with van der Waals surface area (Å²) in [6.45, 7) is 1.57. The molecule has 1 saturated carbocycles. The number of hydrogen-bond donors (Lipinski definition) is 2. The number of nitrogens with zero attached hydrogens (tertiary/aromatic N) is 2. The Morgan fingerprint density at radius 1 is 1.16 bits per heavy atom. The fraction of sp³-hybridized carbons (Fsp3) is 0.261. The summed E-state index contributed by atoms with van der Waals surface area (Å²) < 4.78 is 40.6. The number of benzene rings is 2. The molecule has 0 aliphatic heterocycles. The maximum Gasteiger partial charge on any atom is 0.416 e. The van der Waals surface area contributed by atoms with Gasteiger partial charge >= 0.3 is 6.18 Å². The average molecular weight is 442 g/mol. The Labute approximate surface area is 181 Å². The van der Waals surface area contributed by atoms with Crippen LogP contribution in [0.4, 0.5) is 18.9 Å². The molecule has 0 radical (unpaired) electrons. The van der Waals surface area contributed by atoms with Crippen molar-refractivity contribution in [2.45, 2.75) is 37.9 Å². The molecule has 4 rings (SSSR count). The molecule has 6 nitrogen and oxygen atoms in total. The molecule has 3 N–H and O–H groups in total. The van der Waals surface area contributed by atoms with Crippen molar-refractivity contribution in [1.82, 2.24) is 15.1 Å². The fourth-order valence-electron chi connectivity index (χ4n) is 3.54. The van der Waals surface area contributed by atoms with Crippen LogP contribution < -0.4 is 16.6 Å². The Balaban J connectivity index is 1.67. The molecule has 0 unspecified atom stereocenters. The molecule has 1 aliphatic carbocycles. The summed E-state index contributed by atoms with van der Waals surface area (Å²) in [5, 5.41) is 7.01. The number of nitrogen functional groups attached to an aromatic ring is 1. The summed E-state index contributed by atoms with van der Waals surface area (Å²) in [7, 11) is 0. The van der Waals surface area contributed by atoms with Crippen LogP contribution in [-0.4, -0.2) is 15.7 Å². The van der Waals surface area contributed by atoms with E-state index in [1.165, 1.54) is 12.1 Å². The van der Waals surface area contributed by atoms with Gasteiger partial charge in [0.1, 0.15) is 0 Å². The number of hydrogen-bond acceptors (Lipinski definition) is 4. The van der Waals surface area contributed by atoms with Crippen molar-refractivity contribution in [3.63, 3.8) is 0 Å². The van der Waals surface area contributed by atoms with Crippen molar-refractivity contribution in [3.8, 4) is 5.69 Å². The number of rotatable bonds is 5. The Morgan fingerprint density at radius 2 is 1.84 bits per heavy atom. The number of para-hydroxylation sites is 1. The van der Waals surface area contributed by atoms with Crippen LogP contribution in [0.2, 0.25) is 0 Å². The van der Waals surface area contributed by atoms with Crippen molar-refractivity contribution in [2.24, 2.45) is 0 Å². The van der Waals surface area contributed by atoms with Gasteiger partial charge in [-0.25, -0.2) is 0 Å². The predicted molar refractivity (Wildman–Crippen MR) is 114 cm³/mol. The molecule has 1 aliphatic rings. The first-order chi connectivity index (χ1) is 15.1.